The van der Waals surface area contributed by atoms with Gasteiger partial charge in [0, 0.05) is 24.8 Å². The van der Waals surface area contributed by atoms with Gasteiger partial charge in [-0.2, -0.15) is 4.98 Å². The van der Waals surface area contributed by atoms with E-state index in [0.29, 0.717) is 12.6 Å². The average Bonchev–Trinajstić information content (AvgIpc) is 2.51. The molecule has 0 atom stereocenters. The van der Waals surface area contributed by atoms with E-state index in [1.54, 1.807) is 0 Å². The molecule has 12 heavy (non-hydrogen) atoms. The van der Waals surface area contributed by atoms with E-state index in [1.165, 1.54) is 5.56 Å². The van der Waals surface area contributed by atoms with Gasteiger partial charge in [-0.1, -0.05) is 0 Å². The zero-order valence-electron chi connectivity index (χ0n) is 7.00. The maximum Gasteiger partial charge on any atom is 0.316 e. The lowest BCUT2D eigenvalue weighted by molar-refractivity contribution is 0.311. The molecular weight excluding hydrogens is 154 g/mol. The fourth-order valence-corrected chi connectivity index (χ4v) is 1.24. The highest BCUT2D eigenvalue weighted by molar-refractivity contribution is 5.22. The lowest BCUT2D eigenvalue weighted by Crippen LogP contribution is -2.01. The SMILES string of the molecule is CCOc1ncc2c(n1)CNC2. The zero-order valence-corrected chi connectivity index (χ0v) is 7.00. The van der Waals surface area contributed by atoms with Crippen LogP contribution in [0.25, 0.3) is 0 Å². The molecule has 1 aliphatic heterocycles. The molecule has 0 radical (unpaired) electrons. The van der Waals surface area contributed by atoms with Gasteiger partial charge >= 0.3 is 6.01 Å². The van der Waals surface area contributed by atoms with Crippen molar-refractivity contribution in [3.05, 3.63) is 17.5 Å². The molecule has 0 unspecified atom stereocenters. The first-order valence-electron chi connectivity index (χ1n) is 4.08. The second-order valence-corrected chi connectivity index (χ2v) is 2.66. The highest BCUT2D eigenvalue weighted by Crippen LogP contribution is 2.13. The van der Waals surface area contributed by atoms with Crippen LogP contribution in [0.1, 0.15) is 18.2 Å². The summed E-state index contributed by atoms with van der Waals surface area (Å²) in [5, 5.41) is 3.20. The molecule has 1 aliphatic rings. The topological polar surface area (TPSA) is 47.0 Å². The van der Waals surface area contributed by atoms with E-state index in [-0.39, 0.29) is 0 Å². The smallest absolute Gasteiger partial charge is 0.316 e. The third-order valence-corrected chi connectivity index (χ3v) is 1.81. The normalized spacial score (nSPS) is 14.4. The molecule has 0 saturated heterocycles. The lowest BCUT2D eigenvalue weighted by atomic mass is 10.3. The van der Waals surface area contributed by atoms with E-state index in [9.17, 15) is 0 Å². The number of ether oxygens (including phenoxy) is 1. The van der Waals surface area contributed by atoms with Gasteiger partial charge in [0.05, 0.1) is 12.3 Å². The van der Waals surface area contributed by atoms with Gasteiger partial charge < -0.3 is 10.1 Å². The highest BCUT2D eigenvalue weighted by Gasteiger charge is 2.12. The molecule has 0 saturated carbocycles. The summed E-state index contributed by atoms with van der Waals surface area (Å²) in [7, 11) is 0. The van der Waals surface area contributed by atoms with Crippen LogP contribution in [0.3, 0.4) is 0 Å². The summed E-state index contributed by atoms with van der Waals surface area (Å²) in [4.78, 5) is 8.31. The monoisotopic (exact) mass is 165 g/mol. The molecule has 0 spiro atoms. The van der Waals surface area contributed by atoms with E-state index in [2.05, 4.69) is 15.3 Å². The third-order valence-electron chi connectivity index (χ3n) is 1.81. The summed E-state index contributed by atoms with van der Waals surface area (Å²) in [5.41, 5.74) is 2.24. The summed E-state index contributed by atoms with van der Waals surface area (Å²) in [6, 6.07) is 0.486. The summed E-state index contributed by atoms with van der Waals surface area (Å²) < 4.78 is 5.18. The molecule has 4 nitrogen and oxygen atoms in total. The quantitative estimate of drug-likeness (QED) is 0.692. The molecule has 2 rings (SSSR count). The van der Waals surface area contributed by atoms with Crippen molar-refractivity contribution in [3.63, 3.8) is 0 Å². The van der Waals surface area contributed by atoms with Crippen LogP contribution in [0.15, 0.2) is 6.20 Å². The Bertz CT molecular complexity index is 288. The van der Waals surface area contributed by atoms with Crippen molar-refractivity contribution in [1.82, 2.24) is 15.3 Å². The molecule has 0 amide bonds. The van der Waals surface area contributed by atoms with E-state index in [1.807, 2.05) is 13.1 Å². The Kier molecular flexibility index (Phi) is 1.91. The molecule has 64 valence electrons. The molecule has 0 fully saturated rings. The van der Waals surface area contributed by atoms with Gasteiger partial charge in [-0.05, 0) is 6.92 Å². The van der Waals surface area contributed by atoms with Crippen molar-refractivity contribution >= 4 is 0 Å². The summed E-state index contributed by atoms with van der Waals surface area (Å²) in [5.74, 6) is 0. The third kappa shape index (κ3) is 1.25. The Hall–Kier alpha value is -1.16. The molecule has 0 aliphatic carbocycles. The van der Waals surface area contributed by atoms with Gasteiger partial charge in [0.2, 0.25) is 0 Å². The van der Waals surface area contributed by atoms with Gasteiger partial charge in [0.1, 0.15) is 0 Å². The van der Waals surface area contributed by atoms with E-state index in [0.717, 1.165) is 18.8 Å². The molecular formula is C8H11N3O. The van der Waals surface area contributed by atoms with Gasteiger partial charge in [-0.25, -0.2) is 4.98 Å². The molecule has 1 N–H and O–H groups in total. The Balaban J connectivity index is 2.26. The fraction of sp³-hybridized carbons (Fsp3) is 0.500. The second-order valence-electron chi connectivity index (χ2n) is 2.66. The van der Waals surface area contributed by atoms with Crippen LogP contribution in [0, 0.1) is 0 Å². The number of nitrogens with one attached hydrogen (secondary N) is 1. The minimum absolute atomic E-state index is 0.486. The Labute approximate surface area is 71.0 Å². The van der Waals surface area contributed by atoms with E-state index >= 15 is 0 Å². The largest absolute Gasteiger partial charge is 0.464 e. The van der Waals surface area contributed by atoms with Crippen molar-refractivity contribution in [1.29, 1.82) is 0 Å². The van der Waals surface area contributed by atoms with E-state index in [4.69, 9.17) is 4.74 Å². The minimum Gasteiger partial charge on any atom is -0.464 e. The summed E-state index contributed by atoms with van der Waals surface area (Å²) in [6.07, 6.45) is 1.83. The number of aromatic nitrogens is 2. The number of rotatable bonds is 2. The van der Waals surface area contributed by atoms with Crippen LogP contribution in [-0.2, 0) is 13.1 Å². The van der Waals surface area contributed by atoms with Crippen LogP contribution in [0.2, 0.25) is 0 Å². The zero-order chi connectivity index (χ0) is 8.39. The number of hydrogen-bond donors (Lipinski definition) is 1. The van der Waals surface area contributed by atoms with Crippen LogP contribution < -0.4 is 10.1 Å². The standard InChI is InChI=1S/C8H11N3O/c1-2-12-8-10-4-6-3-9-5-7(6)11-8/h4,9H,2-3,5H2,1H3. The molecule has 0 bridgehead atoms. The van der Waals surface area contributed by atoms with Crippen LogP contribution >= 0.6 is 0 Å². The van der Waals surface area contributed by atoms with Crippen molar-refractivity contribution < 1.29 is 4.74 Å². The molecule has 1 aromatic rings. The first kappa shape index (κ1) is 7.49. The predicted octanol–water partition coefficient (Wildman–Crippen LogP) is 0.478. The van der Waals surface area contributed by atoms with Crippen LogP contribution in [0.4, 0.5) is 0 Å². The van der Waals surface area contributed by atoms with Crippen LogP contribution in [0.5, 0.6) is 6.01 Å². The number of hydrogen-bond acceptors (Lipinski definition) is 4. The first-order chi connectivity index (χ1) is 5.90. The van der Waals surface area contributed by atoms with Gasteiger partial charge in [-0.15, -0.1) is 0 Å². The van der Waals surface area contributed by atoms with Gasteiger partial charge in [0.15, 0.2) is 0 Å². The Morgan fingerprint density at radius 3 is 3.33 bits per heavy atom. The summed E-state index contributed by atoms with van der Waals surface area (Å²) >= 11 is 0. The maximum atomic E-state index is 5.18. The fourth-order valence-electron chi connectivity index (χ4n) is 1.24. The van der Waals surface area contributed by atoms with Crippen molar-refractivity contribution in [2.24, 2.45) is 0 Å². The molecule has 2 heterocycles. The van der Waals surface area contributed by atoms with Crippen molar-refractivity contribution in [2.75, 3.05) is 6.61 Å². The maximum absolute atomic E-state index is 5.18. The Morgan fingerprint density at radius 2 is 2.50 bits per heavy atom. The highest BCUT2D eigenvalue weighted by atomic mass is 16.5. The molecule has 1 aromatic heterocycles. The molecule has 4 heteroatoms. The average molecular weight is 165 g/mol. The van der Waals surface area contributed by atoms with Crippen molar-refractivity contribution in [2.45, 2.75) is 20.0 Å². The van der Waals surface area contributed by atoms with E-state index < -0.39 is 0 Å². The number of nitrogens with zero attached hydrogens (tertiary/aromatic N) is 2. The lowest BCUT2D eigenvalue weighted by Gasteiger charge is -2.01. The van der Waals surface area contributed by atoms with Crippen molar-refractivity contribution in [3.8, 4) is 6.01 Å². The first-order valence-corrected chi connectivity index (χ1v) is 4.08. The van der Waals surface area contributed by atoms with Gasteiger partial charge in [0.25, 0.3) is 0 Å². The Morgan fingerprint density at radius 1 is 1.58 bits per heavy atom. The second kappa shape index (κ2) is 3.06. The van der Waals surface area contributed by atoms with Crippen LogP contribution in [-0.4, -0.2) is 16.6 Å². The predicted molar refractivity (Wildman–Crippen MR) is 43.7 cm³/mol. The summed E-state index contributed by atoms with van der Waals surface area (Å²) in [6.45, 7) is 4.25. The molecule has 0 aromatic carbocycles. The minimum atomic E-state index is 0.486. The van der Waals surface area contributed by atoms with Gasteiger partial charge in [-0.3, -0.25) is 0 Å². The number of fused-ring (bicyclic) bond motifs is 1.